The van der Waals surface area contributed by atoms with Gasteiger partial charge in [-0.15, -0.1) is 0 Å². The number of fused-ring (bicyclic) bond motifs is 1. The van der Waals surface area contributed by atoms with Crippen molar-refractivity contribution in [2.45, 2.75) is 0 Å². The zero-order valence-electron chi connectivity index (χ0n) is 12.4. The van der Waals surface area contributed by atoms with E-state index < -0.39 is 5.91 Å². The van der Waals surface area contributed by atoms with E-state index in [1.54, 1.807) is 24.3 Å². The number of benzene rings is 2. The minimum atomic E-state index is -0.391. The predicted octanol–water partition coefficient (Wildman–Crippen LogP) is 2.76. The summed E-state index contributed by atoms with van der Waals surface area (Å²) in [6, 6.07) is 16.1. The summed E-state index contributed by atoms with van der Waals surface area (Å²) in [5, 5.41) is 6.53. The Labute approximate surface area is 135 Å². The summed E-state index contributed by atoms with van der Waals surface area (Å²) in [4.78, 5) is 28.8. The first-order valence-electron chi connectivity index (χ1n) is 7.24. The van der Waals surface area contributed by atoms with Gasteiger partial charge in [-0.1, -0.05) is 35.5 Å². The molecule has 2 aromatic heterocycles. The molecule has 7 heteroatoms. The molecule has 3 N–H and O–H groups in total. The van der Waals surface area contributed by atoms with E-state index in [-0.39, 0.29) is 11.4 Å². The molecule has 0 saturated heterocycles. The summed E-state index contributed by atoms with van der Waals surface area (Å²) in [6.07, 6.45) is 0. The molecule has 24 heavy (non-hydrogen) atoms. The van der Waals surface area contributed by atoms with Crippen molar-refractivity contribution in [3.63, 3.8) is 0 Å². The summed E-state index contributed by atoms with van der Waals surface area (Å²) in [5.41, 5.74) is 2.56. The Kier molecular flexibility index (Phi) is 3.24. The molecule has 118 valence electrons. The molecule has 4 rings (SSSR count). The smallest absolute Gasteiger partial charge is 0.323 e. The monoisotopic (exact) mass is 320 g/mol. The first-order chi connectivity index (χ1) is 11.7. The van der Waals surface area contributed by atoms with Crippen LogP contribution in [0.25, 0.3) is 22.4 Å². The van der Waals surface area contributed by atoms with E-state index in [1.807, 2.05) is 30.3 Å². The summed E-state index contributed by atoms with van der Waals surface area (Å²) in [7, 11) is 0. The van der Waals surface area contributed by atoms with Crippen molar-refractivity contribution in [1.82, 2.24) is 15.1 Å². The normalized spacial score (nSPS) is 10.8. The lowest BCUT2D eigenvalue weighted by Crippen LogP contribution is -2.12. The largest absolute Gasteiger partial charge is 0.355 e. The molecule has 0 bridgehead atoms. The number of hydrogen-bond donors (Lipinski definition) is 3. The maximum absolute atomic E-state index is 12.3. The number of H-pyrrole nitrogens is 2. The van der Waals surface area contributed by atoms with Gasteiger partial charge in [-0.25, -0.2) is 4.79 Å². The maximum Gasteiger partial charge on any atom is 0.323 e. The summed E-state index contributed by atoms with van der Waals surface area (Å²) < 4.78 is 5.22. The Bertz CT molecular complexity index is 1080. The number of rotatable bonds is 3. The summed E-state index contributed by atoms with van der Waals surface area (Å²) in [5.74, 6) is 0.129. The number of aromatic amines is 2. The van der Waals surface area contributed by atoms with Crippen LogP contribution >= 0.6 is 0 Å². The van der Waals surface area contributed by atoms with Gasteiger partial charge < -0.3 is 19.8 Å². The van der Waals surface area contributed by atoms with Crippen LogP contribution in [0.5, 0.6) is 0 Å². The Hall–Kier alpha value is -3.61. The van der Waals surface area contributed by atoms with Crippen LogP contribution in [0.15, 0.2) is 63.9 Å². The SMILES string of the molecule is O=C(Nc1ccc2[nH]c(=O)[nH]c2c1)c1cc(-c2ccccc2)on1. The summed E-state index contributed by atoms with van der Waals surface area (Å²) in [6.45, 7) is 0. The molecule has 0 unspecified atom stereocenters. The third-order valence-electron chi connectivity index (χ3n) is 3.57. The van der Waals surface area contributed by atoms with Crippen LogP contribution in [0.3, 0.4) is 0 Å². The van der Waals surface area contributed by atoms with Gasteiger partial charge in [0.2, 0.25) is 0 Å². The van der Waals surface area contributed by atoms with Crippen molar-refractivity contribution in [2.75, 3.05) is 5.32 Å². The van der Waals surface area contributed by atoms with Gasteiger partial charge in [0.1, 0.15) is 0 Å². The van der Waals surface area contributed by atoms with Crippen molar-refractivity contribution in [1.29, 1.82) is 0 Å². The molecular weight excluding hydrogens is 308 g/mol. The lowest BCUT2D eigenvalue weighted by Gasteiger charge is -2.02. The molecule has 0 fully saturated rings. The maximum atomic E-state index is 12.3. The van der Waals surface area contributed by atoms with Crippen molar-refractivity contribution < 1.29 is 9.32 Å². The fourth-order valence-corrected chi connectivity index (χ4v) is 2.43. The minimum Gasteiger partial charge on any atom is -0.355 e. The van der Waals surface area contributed by atoms with Crippen LogP contribution in [0.4, 0.5) is 5.69 Å². The van der Waals surface area contributed by atoms with Crippen LogP contribution < -0.4 is 11.0 Å². The van der Waals surface area contributed by atoms with Crippen LogP contribution in [-0.4, -0.2) is 21.0 Å². The molecule has 0 spiro atoms. The molecule has 1 amide bonds. The van der Waals surface area contributed by atoms with Gasteiger partial charge in [0.25, 0.3) is 5.91 Å². The van der Waals surface area contributed by atoms with Crippen molar-refractivity contribution in [3.8, 4) is 11.3 Å². The molecule has 7 nitrogen and oxygen atoms in total. The molecule has 2 heterocycles. The van der Waals surface area contributed by atoms with E-state index in [1.165, 1.54) is 0 Å². The van der Waals surface area contributed by atoms with Crippen LogP contribution in [-0.2, 0) is 0 Å². The first kappa shape index (κ1) is 14.0. The molecule has 0 aliphatic carbocycles. The number of carbonyl (C=O) groups is 1. The average molecular weight is 320 g/mol. The number of imidazole rings is 1. The fourth-order valence-electron chi connectivity index (χ4n) is 2.43. The molecule has 0 saturated carbocycles. The topological polar surface area (TPSA) is 104 Å². The van der Waals surface area contributed by atoms with Gasteiger partial charge in [-0.2, -0.15) is 0 Å². The van der Waals surface area contributed by atoms with Gasteiger partial charge in [0.15, 0.2) is 11.5 Å². The number of hydrogen-bond acceptors (Lipinski definition) is 4. The quantitative estimate of drug-likeness (QED) is 0.540. The van der Waals surface area contributed by atoms with Crippen LogP contribution in [0.2, 0.25) is 0 Å². The lowest BCUT2D eigenvalue weighted by molar-refractivity contribution is 0.101. The fraction of sp³-hybridized carbons (Fsp3) is 0. The molecule has 2 aromatic carbocycles. The highest BCUT2D eigenvalue weighted by Crippen LogP contribution is 2.21. The molecule has 4 aromatic rings. The van der Waals surface area contributed by atoms with Crippen LogP contribution in [0.1, 0.15) is 10.5 Å². The molecule has 0 atom stereocenters. The summed E-state index contributed by atoms with van der Waals surface area (Å²) >= 11 is 0. The van der Waals surface area contributed by atoms with Gasteiger partial charge in [-0.05, 0) is 18.2 Å². The second-order valence-electron chi connectivity index (χ2n) is 5.24. The number of nitrogens with zero attached hydrogens (tertiary/aromatic N) is 1. The minimum absolute atomic E-state index is 0.177. The van der Waals surface area contributed by atoms with E-state index in [4.69, 9.17) is 4.52 Å². The van der Waals surface area contributed by atoms with Crippen molar-refractivity contribution >= 4 is 22.6 Å². The standard InChI is InChI=1S/C17H12N4O3/c22-16(14-9-15(24-21-14)10-4-2-1-3-5-10)18-11-6-7-12-13(8-11)20-17(23)19-12/h1-9H,(H,18,22)(H2,19,20,23). The second-order valence-corrected chi connectivity index (χ2v) is 5.24. The Morgan fingerprint density at radius 3 is 2.62 bits per heavy atom. The third-order valence-corrected chi connectivity index (χ3v) is 3.57. The van der Waals surface area contributed by atoms with E-state index in [2.05, 4.69) is 20.4 Å². The van der Waals surface area contributed by atoms with Gasteiger partial charge >= 0.3 is 5.69 Å². The third kappa shape index (κ3) is 2.58. The van der Waals surface area contributed by atoms with Crippen LogP contribution in [0, 0.1) is 0 Å². The van der Waals surface area contributed by atoms with Gasteiger partial charge in [-0.3, -0.25) is 4.79 Å². The molecule has 0 aliphatic heterocycles. The molecular formula is C17H12N4O3. The van der Waals surface area contributed by atoms with Crippen molar-refractivity contribution in [2.24, 2.45) is 0 Å². The highest BCUT2D eigenvalue weighted by Gasteiger charge is 2.14. The number of anilines is 1. The first-order valence-corrected chi connectivity index (χ1v) is 7.24. The van der Waals surface area contributed by atoms with E-state index in [0.29, 0.717) is 22.5 Å². The molecule has 0 aliphatic rings. The van der Waals surface area contributed by atoms with Crippen molar-refractivity contribution in [3.05, 3.63) is 70.8 Å². The predicted molar refractivity (Wildman–Crippen MR) is 88.8 cm³/mol. The van der Waals surface area contributed by atoms with E-state index in [0.717, 1.165) is 5.56 Å². The highest BCUT2D eigenvalue weighted by atomic mass is 16.5. The Balaban J connectivity index is 1.57. The lowest BCUT2D eigenvalue weighted by atomic mass is 10.1. The number of carbonyl (C=O) groups excluding carboxylic acids is 1. The number of nitrogens with one attached hydrogen (secondary N) is 3. The van der Waals surface area contributed by atoms with Gasteiger partial charge in [0.05, 0.1) is 11.0 Å². The second kappa shape index (κ2) is 5.54. The Morgan fingerprint density at radius 1 is 1.00 bits per heavy atom. The zero-order valence-corrected chi connectivity index (χ0v) is 12.4. The van der Waals surface area contributed by atoms with Gasteiger partial charge in [0, 0.05) is 17.3 Å². The number of aromatic nitrogens is 3. The van der Waals surface area contributed by atoms with E-state index >= 15 is 0 Å². The number of amides is 1. The van der Waals surface area contributed by atoms with E-state index in [9.17, 15) is 9.59 Å². The Morgan fingerprint density at radius 2 is 1.79 bits per heavy atom. The average Bonchev–Trinajstić information content (AvgIpc) is 3.21. The zero-order chi connectivity index (χ0) is 16.5. The highest BCUT2D eigenvalue weighted by molar-refractivity contribution is 6.04. The molecule has 0 radical (unpaired) electrons.